The fourth-order valence-corrected chi connectivity index (χ4v) is 11.4. The van der Waals surface area contributed by atoms with Crippen molar-refractivity contribution in [2.75, 3.05) is 39.6 Å². The fourth-order valence-electron chi connectivity index (χ4n) is 10.4. The highest BCUT2D eigenvalue weighted by Crippen LogP contribution is 2.41. The predicted octanol–water partition coefficient (Wildman–Crippen LogP) is 9.43. The van der Waals surface area contributed by atoms with Crippen molar-refractivity contribution in [1.29, 1.82) is 0 Å². The van der Waals surface area contributed by atoms with Crippen LogP contribution in [0.5, 0.6) is 0 Å². The van der Waals surface area contributed by atoms with Crippen molar-refractivity contribution in [2.24, 2.45) is 0 Å². The minimum Gasteiger partial charge on any atom is -0.463 e. The lowest BCUT2D eigenvalue weighted by Crippen LogP contribution is -2.72. The standard InChI is InChI=1S/C63H72Cl6N2O23Si/c1-35(72)81-31-43-47(85-36(2)73)50(86-37(3)74)45(70-60(77)83-33-62(64,65)66)58(87-43)94-51-46(71-61(78)84-34-63(67,68)69)57(88-44-32-82-56(92-48(44)51)41-25-17-10-18-26-41)93-49-42(30-79-29-38-19-11-7-12-20-38)89-59(80-27-28-95(4,5)6)53(91-55(76)40-23-15-9-16-24-40)52(49)90-54(75)39-21-13-8-14-22-39/h7-26,42-53,56-59H,27-34H2,1-6H3,(H,70,77)(H,71,78)/t42-,43-,44-,45-,46-,47-,48+,49-,50-,51-,52+,53-,56+,57+,58+,59-/m1/s1. The van der Waals surface area contributed by atoms with E-state index in [9.17, 15) is 33.6 Å². The van der Waals surface area contributed by atoms with Gasteiger partial charge in [-0.1, -0.05) is 186 Å². The van der Waals surface area contributed by atoms with Gasteiger partial charge in [0.2, 0.25) is 7.59 Å². The lowest BCUT2D eigenvalue weighted by molar-refractivity contribution is -0.387. The second kappa shape index (κ2) is 34.7. The SMILES string of the molecule is CC(=O)OC[C@H]1O[C@@H](O[C@@H]2[C@@H](NC(=O)OCC(Cl)(Cl)Cl)[C@H](O[C@H]3[C@H](OC(=O)c4ccccc4)[C@@H](OC(=O)c4ccccc4)[C@H](OCC[Si](C)(C)C)O[C@@H]3COCc3ccccc3)O[C@@H]3CO[C@H](c4ccccc4)O[C@H]23)[C@H](NC(=O)OCC(Cl)(Cl)Cl)[C@@H](OC(C)=O)[C@@H]1OC(C)=O. The van der Waals surface area contributed by atoms with Crippen molar-refractivity contribution >= 4 is 120 Å². The predicted molar refractivity (Wildman–Crippen MR) is 342 cm³/mol. The second-order valence-electron chi connectivity index (χ2n) is 23.3. The van der Waals surface area contributed by atoms with Gasteiger partial charge in [0.1, 0.15) is 68.5 Å². The number of esters is 5. The van der Waals surface area contributed by atoms with Gasteiger partial charge in [-0.25, -0.2) is 19.2 Å². The minimum atomic E-state index is -2.19. The molecule has 25 nitrogen and oxygen atoms in total. The lowest BCUT2D eigenvalue weighted by Gasteiger charge is -2.53. The van der Waals surface area contributed by atoms with E-state index < -0.39 is 176 Å². The van der Waals surface area contributed by atoms with Gasteiger partial charge in [0.25, 0.3) is 0 Å². The molecule has 4 aromatic rings. The molecule has 0 unspecified atom stereocenters. The zero-order valence-electron chi connectivity index (χ0n) is 52.1. The van der Waals surface area contributed by atoms with Crippen LogP contribution in [0.1, 0.15) is 58.9 Å². The highest BCUT2D eigenvalue weighted by molar-refractivity contribution is 6.76. The van der Waals surface area contributed by atoms with Crippen LogP contribution in [0.25, 0.3) is 0 Å². The van der Waals surface area contributed by atoms with Gasteiger partial charge in [0.05, 0.1) is 30.9 Å². The topological polar surface area (TPSA) is 291 Å². The number of amides is 2. The number of benzene rings is 4. The van der Waals surface area contributed by atoms with Gasteiger partial charge in [-0.15, -0.1) is 0 Å². The number of alkyl halides is 6. The Morgan fingerprint density at radius 1 is 0.516 bits per heavy atom. The van der Waals surface area contributed by atoms with Gasteiger partial charge in [-0.3, -0.25) is 14.4 Å². The Balaban J connectivity index is 1.32. The normalized spacial score (nSPS) is 27.7. The van der Waals surface area contributed by atoms with E-state index in [1.807, 2.05) is 30.3 Å². The van der Waals surface area contributed by atoms with Crippen molar-refractivity contribution < 1.29 is 109 Å². The van der Waals surface area contributed by atoms with E-state index in [0.717, 1.165) is 26.3 Å². The summed E-state index contributed by atoms with van der Waals surface area (Å²) >= 11 is 36.4. The molecule has 2 N–H and O–H groups in total. The van der Waals surface area contributed by atoms with E-state index in [0.29, 0.717) is 11.6 Å². The van der Waals surface area contributed by atoms with Crippen molar-refractivity contribution in [3.05, 3.63) is 144 Å². The Morgan fingerprint density at radius 2 is 1.00 bits per heavy atom. The summed E-state index contributed by atoms with van der Waals surface area (Å²) in [5.74, 6) is -4.58. The molecule has 0 saturated carbocycles. The van der Waals surface area contributed by atoms with E-state index in [-0.39, 0.29) is 37.6 Å². The van der Waals surface area contributed by atoms with Crippen LogP contribution in [0.15, 0.2) is 121 Å². The Morgan fingerprint density at radius 3 is 1.54 bits per heavy atom. The molecule has 0 spiro atoms. The molecule has 0 aromatic heterocycles. The lowest BCUT2D eigenvalue weighted by atomic mass is 9.93. The van der Waals surface area contributed by atoms with Gasteiger partial charge in [-0.2, -0.15) is 0 Å². The molecule has 32 heteroatoms. The zero-order chi connectivity index (χ0) is 68.6. The van der Waals surface area contributed by atoms with E-state index in [2.05, 4.69) is 30.3 Å². The van der Waals surface area contributed by atoms with E-state index in [1.165, 1.54) is 24.3 Å². The summed E-state index contributed by atoms with van der Waals surface area (Å²) in [7, 11) is -1.86. The van der Waals surface area contributed by atoms with Gasteiger partial charge in [0, 0.05) is 41.0 Å². The van der Waals surface area contributed by atoms with Gasteiger partial charge >= 0.3 is 42.0 Å². The second-order valence-corrected chi connectivity index (χ2v) is 34.0. The average Bonchev–Trinajstić information content (AvgIpc) is 0.758. The van der Waals surface area contributed by atoms with Crippen molar-refractivity contribution in [3.8, 4) is 0 Å². The highest BCUT2D eigenvalue weighted by atomic mass is 35.6. The molecule has 8 rings (SSSR count). The van der Waals surface area contributed by atoms with Crippen LogP contribution in [0, 0.1) is 0 Å². The largest absolute Gasteiger partial charge is 0.463 e. The quantitative estimate of drug-likeness (QED) is 0.0270. The van der Waals surface area contributed by atoms with Crippen LogP contribution < -0.4 is 10.6 Å². The van der Waals surface area contributed by atoms with Crippen LogP contribution in [0.2, 0.25) is 25.7 Å². The number of fused-ring (bicyclic) bond motifs is 1. The Kier molecular flexibility index (Phi) is 27.5. The van der Waals surface area contributed by atoms with Crippen LogP contribution in [-0.4, -0.2) is 189 Å². The number of hydrogen-bond donors (Lipinski definition) is 2. The summed E-state index contributed by atoms with van der Waals surface area (Å²) in [5.41, 5.74) is 1.39. The average molecular weight is 1470 g/mol. The maximum atomic E-state index is 14.8. The summed E-state index contributed by atoms with van der Waals surface area (Å²) in [5, 5.41) is 5.21. The summed E-state index contributed by atoms with van der Waals surface area (Å²) in [6.07, 6.45) is -25.5. The van der Waals surface area contributed by atoms with E-state index in [4.69, 9.17) is 145 Å². The number of carbonyl (C=O) groups is 7. The van der Waals surface area contributed by atoms with Gasteiger partial charge < -0.3 is 86.4 Å². The van der Waals surface area contributed by atoms with Crippen molar-refractivity contribution in [3.63, 3.8) is 0 Å². The molecule has 0 radical (unpaired) electrons. The molecule has 4 saturated heterocycles. The van der Waals surface area contributed by atoms with E-state index in [1.54, 1.807) is 66.7 Å². The molecule has 4 aliphatic rings. The summed E-state index contributed by atoms with van der Waals surface area (Å²) in [6.45, 7) is 6.52. The maximum absolute atomic E-state index is 14.8. The first kappa shape index (κ1) is 75.1. The number of rotatable bonds is 25. The molecule has 4 aromatic carbocycles. The molecule has 4 aliphatic heterocycles. The van der Waals surface area contributed by atoms with Crippen LogP contribution >= 0.6 is 69.6 Å². The zero-order valence-corrected chi connectivity index (χ0v) is 57.6. The molecular weight excluding hydrogens is 1390 g/mol. The first-order chi connectivity index (χ1) is 45.1. The number of halogens is 6. The molecular formula is C63H72Cl6N2O23Si. The number of nitrogens with one attached hydrogen (secondary N) is 2. The van der Waals surface area contributed by atoms with Crippen LogP contribution in [-0.2, 0) is 96.8 Å². The van der Waals surface area contributed by atoms with Crippen molar-refractivity contribution in [2.45, 2.75) is 159 Å². The molecule has 0 aliphatic carbocycles. The van der Waals surface area contributed by atoms with Gasteiger partial charge in [0.15, 0.2) is 49.6 Å². The molecule has 4 fully saturated rings. The summed E-state index contributed by atoms with van der Waals surface area (Å²) < 4.78 is 96.9. The van der Waals surface area contributed by atoms with Crippen LogP contribution in [0.3, 0.4) is 0 Å². The highest BCUT2D eigenvalue weighted by Gasteiger charge is 2.60. The molecule has 0 bridgehead atoms. The Hall–Kier alpha value is -5.63. The number of hydrogen-bond acceptors (Lipinski definition) is 23. The number of alkyl carbamates (subject to hydrolysis) is 2. The molecule has 4 heterocycles. The molecule has 95 heavy (non-hydrogen) atoms. The minimum absolute atomic E-state index is 0.00524. The monoisotopic (exact) mass is 1460 g/mol. The molecule has 2 amide bonds. The smallest absolute Gasteiger partial charge is 0.407 e. The number of carbonyl (C=O) groups excluding carboxylic acids is 7. The molecule has 16 atom stereocenters. The van der Waals surface area contributed by atoms with Gasteiger partial charge in [-0.05, 0) is 35.9 Å². The van der Waals surface area contributed by atoms with Crippen molar-refractivity contribution in [1.82, 2.24) is 10.6 Å². The number of ether oxygens (including phenoxy) is 16. The third-order valence-corrected chi connectivity index (χ3v) is 17.0. The fraction of sp³-hybridized carbons (Fsp3) is 0.508. The van der Waals surface area contributed by atoms with Crippen LogP contribution in [0.4, 0.5) is 9.59 Å². The summed E-state index contributed by atoms with van der Waals surface area (Å²) in [6, 6.07) is 30.5. The Bertz CT molecular complexity index is 3180. The maximum Gasteiger partial charge on any atom is 0.407 e. The summed E-state index contributed by atoms with van der Waals surface area (Å²) in [4.78, 5) is 96.6. The first-order valence-electron chi connectivity index (χ1n) is 29.9. The van der Waals surface area contributed by atoms with E-state index >= 15 is 0 Å². The Labute approximate surface area is 578 Å². The first-order valence-corrected chi connectivity index (χ1v) is 35.9. The third kappa shape index (κ3) is 23.0. The molecule has 518 valence electrons. The third-order valence-electron chi connectivity index (χ3n) is 14.6.